The van der Waals surface area contributed by atoms with Gasteiger partial charge in [0.2, 0.25) is 11.8 Å². The summed E-state index contributed by atoms with van der Waals surface area (Å²) in [7, 11) is 1.62. The van der Waals surface area contributed by atoms with Gasteiger partial charge < -0.3 is 25.3 Å². The summed E-state index contributed by atoms with van der Waals surface area (Å²) in [5.41, 5.74) is 3.58. The number of carbonyl (C=O) groups excluding carboxylic acids is 2. The second-order valence-electron chi connectivity index (χ2n) is 11.5. The van der Waals surface area contributed by atoms with E-state index in [4.69, 9.17) is 24.5 Å². The van der Waals surface area contributed by atoms with Gasteiger partial charge in [-0.2, -0.15) is 0 Å². The lowest BCUT2D eigenvalue weighted by molar-refractivity contribution is -0.124. The van der Waals surface area contributed by atoms with Gasteiger partial charge in [-0.1, -0.05) is 56.8 Å². The molecule has 10 nitrogen and oxygen atoms in total. The van der Waals surface area contributed by atoms with E-state index in [2.05, 4.69) is 43.1 Å². The Morgan fingerprint density at radius 1 is 1.02 bits per heavy atom. The average molecular weight is 622 g/mol. The average Bonchev–Trinajstić information content (AvgIpc) is 3.50. The molecule has 2 aromatic carbocycles. The minimum absolute atomic E-state index is 0.0229. The Morgan fingerprint density at radius 3 is 2.29 bits per heavy atom. The third-order valence-corrected chi connectivity index (χ3v) is 7.72. The number of oxime groups is 1. The molecule has 2 aromatic rings. The van der Waals surface area contributed by atoms with Crippen LogP contribution in [-0.4, -0.2) is 61.6 Å². The lowest BCUT2D eigenvalue weighted by Gasteiger charge is -2.20. The van der Waals surface area contributed by atoms with E-state index >= 15 is 0 Å². The molecule has 3 atom stereocenters. The summed E-state index contributed by atoms with van der Waals surface area (Å²) in [5, 5.41) is 18.7. The second kappa shape index (κ2) is 18.6. The van der Waals surface area contributed by atoms with E-state index in [0.29, 0.717) is 55.7 Å². The Labute approximate surface area is 266 Å². The van der Waals surface area contributed by atoms with Crippen molar-refractivity contribution in [1.29, 1.82) is 0 Å². The van der Waals surface area contributed by atoms with Crippen LogP contribution in [0.3, 0.4) is 0 Å². The molecule has 3 rings (SSSR count). The van der Waals surface area contributed by atoms with Crippen LogP contribution in [0.5, 0.6) is 11.5 Å². The number of carbonyl (C=O) groups is 2. The molecule has 0 saturated heterocycles. The number of methoxy groups -OCH3 is 1. The monoisotopic (exact) mass is 621 g/mol. The number of amides is 2. The van der Waals surface area contributed by atoms with Crippen LogP contribution in [0.25, 0.3) is 5.57 Å². The predicted octanol–water partition coefficient (Wildman–Crippen LogP) is 5.21. The molecule has 1 aliphatic heterocycles. The molecular formula is C35H47N3O7. The zero-order valence-electron chi connectivity index (χ0n) is 26.8. The van der Waals surface area contributed by atoms with Gasteiger partial charge in [-0.3, -0.25) is 19.4 Å². The third kappa shape index (κ3) is 12.0. The SMILES string of the molecule is C=CC=C(CC(CC(=O)NCC(C)C(C)C)OC)c1ccc(OOc2ccc(C3=NOC(CC(=O)NCCCO)C3)cc2)cc1. The normalized spacial score (nSPS) is 15.9. The Morgan fingerprint density at radius 2 is 1.69 bits per heavy atom. The van der Waals surface area contributed by atoms with E-state index in [0.717, 1.165) is 22.4 Å². The second-order valence-corrected chi connectivity index (χ2v) is 11.5. The molecule has 244 valence electrons. The Kier molecular flexibility index (Phi) is 14.6. The fourth-order valence-electron chi connectivity index (χ4n) is 4.52. The number of hydrogen-bond acceptors (Lipinski definition) is 8. The number of nitrogens with one attached hydrogen (secondary N) is 2. The van der Waals surface area contributed by atoms with Crippen LogP contribution in [0.4, 0.5) is 0 Å². The van der Waals surface area contributed by atoms with Gasteiger partial charge in [0, 0.05) is 33.2 Å². The van der Waals surface area contributed by atoms with Crippen molar-refractivity contribution in [3.63, 3.8) is 0 Å². The number of benzene rings is 2. The first kappa shape index (κ1) is 35.3. The summed E-state index contributed by atoms with van der Waals surface area (Å²) in [6.45, 7) is 11.4. The zero-order valence-corrected chi connectivity index (χ0v) is 26.8. The molecule has 1 heterocycles. The highest BCUT2D eigenvalue weighted by atomic mass is 17.2. The van der Waals surface area contributed by atoms with Crippen LogP contribution in [0.15, 0.2) is 72.4 Å². The lowest BCUT2D eigenvalue weighted by atomic mass is 9.97. The molecule has 0 radical (unpaired) electrons. The molecule has 1 aliphatic rings. The van der Waals surface area contributed by atoms with Gasteiger partial charge >= 0.3 is 0 Å². The number of rotatable bonds is 19. The number of aliphatic hydroxyl groups is 1. The van der Waals surface area contributed by atoms with Gasteiger partial charge in [0.15, 0.2) is 11.5 Å². The van der Waals surface area contributed by atoms with Crippen molar-refractivity contribution in [2.45, 2.75) is 65.1 Å². The van der Waals surface area contributed by atoms with Crippen molar-refractivity contribution in [2.75, 3.05) is 26.8 Å². The highest BCUT2D eigenvalue weighted by Crippen LogP contribution is 2.26. The maximum atomic E-state index is 12.5. The lowest BCUT2D eigenvalue weighted by Crippen LogP contribution is -2.33. The molecule has 0 saturated carbocycles. The Bertz CT molecular complexity index is 1290. The summed E-state index contributed by atoms with van der Waals surface area (Å²) in [5.74, 6) is 1.79. The van der Waals surface area contributed by atoms with Gasteiger partial charge in [0.05, 0.1) is 24.7 Å². The summed E-state index contributed by atoms with van der Waals surface area (Å²) in [6.07, 6.45) is 5.13. The minimum atomic E-state index is -0.318. The molecule has 45 heavy (non-hydrogen) atoms. The van der Waals surface area contributed by atoms with Crippen molar-refractivity contribution >= 4 is 23.1 Å². The van der Waals surface area contributed by atoms with E-state index in [1.165, 1.54) is 0 Å². The Balaban J connectivity index is 1.48. The summed E-state index contributed by atoms with van der Waals surface area (Å²) < 4.78 is 5.64. The van der Waals surface area contributed by atoms with Crippen molar-refractivity contribution in [3.8, 4) is 11.5 Å². The topological polar surface area (TPSA) is 128 Å². The van der Waals surface area contributed by atoms with Crippen molar-refractivity contribution in [2.24, 2.45) is 17.0 Å². The van der Waals surface area contributed by atoms with Crippen molar-refractivity contribution in [1.82, 2.24) is 10.6 Å². The van der Waals surface area contributed by atoms with Crippen LogP contribution in [0.1, 0.15) is 64.0 Å². The number of ether oxygens (including phenoxy) is 1. The zero-order chi connectivity index (χ0) is 32.6. The molecule has 10 heteroatoms. The maximum Gasteiger partial charge on any atom is 0.223 e. The first-order valence-corrected chi connectivity index (χ1v) is 15.5. The molecule has 0 aliphatic carbocycles. The number of aliphatic hydroxyl groups excluding tert-OH is 1. The molecule has 2 amide bonds. The number of nitrogens with zero attached hydrogens (tertiary/aromatic N) is 1. The molecule has 0 spiro atoms. The minimum Gasteiger partial charge on any atom is -0.396 e. The molecular weight excluding hydrogens is 574 g/mol. The smallest absolute Gasteiger partial charge is 0.223 e. The van der Waals surface area contributed by atoms with E-state index in [9.17, 15) is 9.59 Å². The van der Waals surface area contributed by atoms with Crippen LogP contribution in [0.2, 0.25) is 0 Å². The van der Waals surface area contributed by atoms with Crippen LogP contribution >= 0.6 is 0 Å². The van der Waals surface area contributed by atoms with E-state index < -0.39 is 0 Å². The maximum absolute atomic E-state index is 12.5. The van der Waals surface area contributed by atoms with Crippen LogP contribution < -0.4 is 20.4 Å². The summed E-state index contributed by atoms with van der Waals surface area (Å²) in [4.78, 5) is 41.0. The summed E-state index contributed by atoms with van der Waals surface area (Å²) in [6, 6.07) is 14.7. The van der Waals surface area contributed by atoms with Gasteiger partial charge in [0.25, 0.3) is 0 Å². The largest absolute Gasteiger partial charge is 0.396 e. The third-order valence-electron chi connectivity index (χ3n) is 7.72. The van der Waals surface area contributed by atoms with Crippen LogP contribution in [-0.2, 0) is 19.2 Å². The molecule has 0 fully saturated rings. The van der Waals surface area contributed by atoms with E-state index in [-0.39, 0.29) is 43.5 Å². The number of hydrogen-bond donors (Lipinski definition) is 3. The Hall–Kier alpha value is -4.15. The molecule has 3 unspecified atom stereocenters. The van der Waals surface area contributed by atoms with Crippen LogP contribution in [0, 0.1) is 11.8 Å². The molecule has 0 bridgehead atoms. The predicted molar refractivity (Wildman–Crippen MR) is 175 cm³/mol. The molecule has 3 N–H and O–H groups in total. The van der Waals surface area contributed by atoms with Gasteiger partial charge in [-0.25, -0.2) is 0 Å². The fraction of sp³-hybridized carbons (Fsp3) is 0.457. The first-order valence-electron chi connectivity index (χ1n) is 15.5. The van der Waals surface area contributed by atoms with Gasteiger partial charge in [-0.15, -0.1) is 0 Å². The first-order chi connectivity index (χ1) is 21.7. The highest BCUT2D eigenvalue weighted by molar-refractivity contribution is 6.01. The van der Waals surface area contributed by atoms with E-state index in [1.54, 1.807) is 25.3 Å². The fourth-order valence-corrected chi connectivity index (χ4v) is 4.52. The number of allylic oxidation sites excluding steroid dienone is 2. The highest BCUT2D eigenvalue weighted by Gasteiger charge is 2.25. The molecule has 0 aromatic heterocycles. The van der Waals surface area contributed by atoms with Gasteiger partial charge in [0.1, 0.15) is 6.10 Å². The van der Waals surface area contributed by atoms with Gasteiger partial charge in [-0.05, 0) is 77.8 Å². The standard InChI is InChI=1S/C35H47N3O7/c1-6-8-28(19-31(42-5)21-35(41)37-23-25(4)24(2)3)26-9-13-29(14-10-26)44-45-30-15-11-27(12-16-30)33-20-32(43-38-33)22-34(40)36-17-7-18-39/h6,8-16,24-25,31-32,39H,1,7,17-23H2,2-5H3,(H,36,40)(H,37,41). The summed E-state index contributed by atoms with van der Waals surface area (Å²) >= 11 is 0. The van der Waals surface area contributed by atoms with Crippen molar-refractivity contribution in [3.05, 3.63) is 78.4 Å². The quantitative estimate of drug-likeness (QED) is 0.0850. The van der Waals surface area contributed by atoms with Crippen molar-refractivity contribution < 1.29 is 34.0 Å². The van der Waals surface area contributed by atoms with E-state index in [1.807, 2.05) is 42.5 Å².